The molecule has 0 atom stereocenters. The van der Waals surface area contributed by atoms with Crippen LogP contribution in [0.5, 0.6) is 5.75 Å². The third kappa shape index (κ3) is 6.37. The summed E-state index contributed by atoms with van der Waals surface area (Å²) in [4.78, 5) is 23.3. The number of ether oxygens (including phenoxy) is 1. The van der Waals surface area contributed by atoms with E-state index in [1.54, 1.807) is 0 Å². The maximum atomic E-state index is 11.9. The zero-order valence-corrected chi connectivity index (χ0v) is 17.4. The molecule has 1 aliphatic heterocycles. The largest absolute Gasteiger partial charge is 0.492 e. The molecule has 0 saturated carbocycles. The van der Waals surface area contributed by atoms with Gasteiger partial charge in [-0.25, -0.2) is 0 Å². The summed E-state index contributed by atoms with van der Waals surface area (Å²) < 4.78 is 6.79. The Morgan fingerprint density at radius 3 is 2.75 bits per heavy atom. The molecule has 0 fully saturated rings. The highest BCUT2D eigenvalue weighted by molar-refractivity contribution is 9.10. The highest BCUT2D eigenvalue weighted by Crippen LogP contribution is 2.26. The molecule has 5 nitrogen and oxygen atoms in total. The number of benzene rings is 2. The quantitative estimate of drug-likeness (QED) is 0.568. The Morgan fingerprint density at radius 1 is 1.11 bits per heavy atom. The molecule has 2 N–H and O–H groups in total. The van der Waals surface area contributed by atoms with E-state index in [2.05, 4.69) is 38.7 Å². The number of hydrogen-bond donors (Lipinski definition) is 2. The predicted molar refractivity (Wildman–Crippen MR) is 114 cm³/mol. The van der Waals surface area contributed by atoms with Crippen LogP contribution < -0.4 is 15.4 Å². The topological polar surface area (TPSA) is 67.4 Å². The average Bonchev–Trinajstić information content (AvgIpc) is 2.70. The normalized spacial score (nSPS) is 12.8. The molecule has 2 aromatic rings. The van der Waals surface area contributed by atoms with Crippen LogP contribution in [0.15, 0.2) is 46.9 Å². The van der Waals surface area contributed by atoms with Gasteiger partial charge in [0.1, 0.15) is 12.4 Å². The van der Waals surface area contributed by atoms with Crippen LogP contribution in [0.2, 0.25) is 0 Å². The Balaban J connectivity index is 1.28. The van der Waals surface area contributed by atoms with Gasteiger partial charge in [-0.2, -0.15) is 0 Å². The summed E-state index contributed by atoms with van der Waals surface area (Å²) in [5.74, 6) is 0.881. The van der Waals surface area contributed by atoms with Crippen molar-refractivity contribution in [3.63, 3.8) is 0 Å². The molecule has 0 bridgehead atoms. The van der Waals surface area contributed by atoms with Crippen LogP contribution in [-0.2, 0) is 22.4 Å². The van der Waals surface area contributed by atoms with Gasteiger partial charge < -0.3 is 15.4 Å². The van der Waals surface area contributed by atoms with E-state index in [9.17, 15) is 9.59 Å². The first-order valence-corrected chi connectivity index (χ1v) is 10.5. The molecule has 2 amide bonds. The molecule has 1 aliphatic rings. The lowest BCUT2D eigenvalue weighted by atomic mass is 10.0. The van der Waals surface area contributed by atoms with E-state index in [-0.39, 0.29) is 11.8 Å². The number of fused-ring (bicyclic) bond motifs is 1. The summed E-state index contributed by atoms with van der Waals surface area (Å²) in [7, 11) is 0. The third-order valence-corrected chi connectivity index (χ3v) is 5.23. The van der Waals surface area contributed by atoms with Gasteiger partial charge in [-0.1, -0.05) is 28.1 Å². The van der Waals surface area contributed by atoms with Crippen LogP contribution in [0.25, 0.3) is 0 Å². The Bertz CT molecular complexity index is 821. The van der Waals surface area contributed by atoms with Crippen molar-refractivity contribution in [3.8, 4) is 5.75 Å². The summed E-state index contributed by atoms with van der Waals surface area (Å²) in [6.45, 7) is 0.912. The Morgan fingerprint density at radius 2 is 1.93 bits per heavy atom. The number of carbonyl (C=O) groups is 2. The number of halogens is 1. The number of amides is 2. The second-order valence-corrected chi connectivity index (χ2v) is 7.81. The Kier molecular flexibility index (Phi) is 7.48. The van der Waals surface area contributed by atoms with Crippen molar-refractivity contribution in [1.82, 2.24) is 5.32 Å². The van der Waals surface area contributed by atoms with Gasteiger partial charge in [0.15, 0.2) is 0 Å². The van der Waals surface area contributed by atoms with Gasteiger partial charge in [-0.3, -0.25) is 9.59 Å². The van der Waals surface area contributed by atoms with E-state index < -0.39 is 0 Å². The van der Waals surface area contributed by atoms with Crippen LogP contribution in [0.1, 0.15) is 36.8 Å². The zero-order valence-electron chi connectivity index (χ0n) is 15.8. The first kappa shape index (κ1) is 20.4. The smallest absolute Gasteiger partial charge is 0.224 e. The van der Waals surface area contributed by atoms with Gasteiger partial charge in [0.25, 0.3) is 0 Å². The molecule has 28 heavy (non-hydrogen) atoms. The third-order valence-electron chi connectivity index (χ3n) is 4.70. The number of anilines is 1. The summed E-state index contributed by atoms with van der Waals surface area (Å²) in [6.07, 6.45) is 4.64. The summed E-state index contributed by atoms with van der Waals surface area (Å²) in [6, 6.07) is 14.0. The van der Waals surface area contributed by atoms with Gasteiger partial charge in [0.05, 0.1) is 6.54 Å². The number of unbranched alkanes of at least 4 members (excludes halogenated alkanes) is 1. The van der Waals surface area contributed by atoms with E-state index in [4.69, 9.17) is 4.74 Å². The predicted octanol–water partition coefficient (Wildman–Crippen LogP) is 4.24. The van der Waals surface area contributed by atoms with E-state index in [1.807, 2.05) is 30.3 Å². The zero-order chi connectivity index (χ0) is 19.8. The fourth-order valence-corrected chi connectivity index (χ4v) is 3.43. The molecule has 0 aromatic heterocycles. The maximum absolute atomic E-state index is 11.9. The van der Waals surface area contributed by atoms with E-state index >= 15 is 0 Å². The van der Waals surface area contributed by atoms with Crippen molar-refractivity contribution >= 4 is 33.4 Å². The highest BCUT2D eigenvalue weighted by atomic mass is 79.9. The molecule has 0 saturated heterocycles. The first-order valence-electron chi connectivity index (χ1n) is 9.67. The van der Waals surface area contributed by atoms with Gasteiger partial charge in [0, 0.05) is 23.0 Å². The Hall–Kier alpha value is -2.34. The van der Waals surface area contributed by atoms with Gasteiger partial charge in [-0.05, 0) is 67.1 Å². The minimum Gasteiger partial charge on any atom is -0.492 e. The average molecular weight is 445 g/mol. The molecule has 0 unspecified atom stereocenters. The van der Waals surface area contributed by atoms with Crippen molar-refractivity contribution in [3.05, 3.63) is 58.1 Å². The molecular formula is C22H25BrN2O3. The molecule has 0 radical (unpaired) electrons. The second kappa shape index (κ2) is 10.3. The first-order chi connectivity index (χ1) is 13.6. The van der Waals surface area contributed by atoms with Gasteiger partial charge in [-0.15, -0.1) is 0 Å². The molecule has 1 heterocycles. The minimum absolute atomic E-state index is 0.0562. The lowest BCUT2D eigenvalue weighted by Crippen LogP contribution is -2.27. The van der Waals surface area contributed by atoms with Crippen molar-refractivity contribution < 1.29 is 14.3 Å². The fourth-order valence-electron chi connectivity index (χ4n) is 3.16. The van der Waals surface area contributed by atoms with Crippen LogP contribution in [0, 0.1) is 0 Å². The fraction of sp³-hybridized carbons (Fsp3) is 0.364. The lowest BCUT2D eigenvalue weighted by molar-refractivity contribution is -0.121. The molecule has 3 rings (SSSR count). The van der Waals surface area contributed by atoms with Gasteiger partial charge >= 0.3 is 0 Å². The van der Waals surface area contributed by atoms with Crippen molar-refractivity contribution in [2.24, 2.45) is 0 Å². The monoisotopic (exact) mass is 444 g/mol. The number of hydrogen-bond acceptors (Lipinski definition) is 3. The van der Waals surface area contributed by atoms with E-state index in [0.29, 0.717) is 26.0 Å². The molecule has 148 valence electrons. The highest BCUT2D eigenvalue weighted by Gasteiger charge is 2.14. The molecule has 0 spiro atoms. The number of carbonyl (C=O) groups excluding carboxylic acids is 2. The maximum Gasteiger partial charge on any atom is 0.224 e. The summed E-state index contributed by atoms with van der Waals surface area (Å²) in [5.41, 5.74) is 3.24. The van der Waals surface area contributed by atoms with E-state index in [1.165, 1.54) is 5.56 Å². The Labute approximate surface area is 174 Å². The number of aryl methyl sites for hydroxylation is 2. The summed E-state index contributed by atoms with van der Waals surface area (Å²) >= 11 is 3.43. The number of rotatable bonds is 9. The standard InChI is InChI=1S/C22H25BrN2O3/c23-18-8-5-16(6-9-18)3-1-2-4-21(26)24-13-14-28-19-10-11-20-17(15-19)7-12-22(27)25-20/h5-6,8-11,15H,1-4,7,12-14H2,(H,24,26)(H,25,27). The number of nitrogens with one attached hydrogen (secondary N) is 2. The van der Waals surface area contributed by atoms with Crippen LogP contribution in [0.4, 0.5) is 5.69 Å². The second-order valence-electron chi connectivity index (χ2n) is 6.90. The lowest BCUT2D eigenvalue weighted by Gasteiger charge is -2.17. The van der Waals surface area contributed by atoms with E-state index in [0.717, 1.165) is 47.2 Å². The summed E-state index contributed by atoms with van der Waals surface area (Å²) in [5, 5.41) is 5.75. The van der Waals surface area contributed by atoms with Crippen molar-refractivity contribution in [2.75, 3.05) is 18.5 Å². The minimum atomic E-state index is 0.0562. The SMILES string of the molecule is O=C(CCCCc1ccc(Br)cc1)NCCOc1ccc2c(c1)CCC(=O)N2. The van der Waals surface area contributed by atoms with Crippen molar-refractivity contribution in [2.45, 2.75) is 38.5 Å². The molecule has 2 aromatic carbocycles. The van der Waals surface area contributed by atoms with Gasteiger partial charge in [0.2, 0.25) is 11.8 Å². The van der Waals surface area contributed by atoms with Crippen molar-refractivity contribution in [1.29, 1.82) is 0 Å². The molecule has 6 heteroatoms. The molecule has 0 aliphatic carbocycles. The van der Waals surface area contributed by atoms with Crippen LogP contribution in [0.3, 0.4) is 0 Å². The molecular weight excluding hydrogens is 420 g/mol. The van der Waals surface area contributed by atoms with Crippen LogP contribution >= 0.6 is 15.9 Å². The van der Waals surface area contributed by atoms with Crippen LogP contribution in [-0.4, -0.2) is 25.0 Å².